The summed E-state index contributed by atoms with van der Waals surface area (Å²) in [5.41, 5.74) is 3.71. The molecule has 10 heteroatoms. The van der Waals surface area contributed by atoms with Gasteiger partial charge in [-0.1, -0.05) is 18.9 Å². The summed E-state index contributed by atoms with van der Waals surface area (Å²) in [6.45, 7) is 6.25. The number of phenols is 1. The Morgan fingerprint density at radius 2 is 1.89 bits per heavy atom. The van der Waals surface area contributed by atoms with Gasteiger partial charge >= 0.3 is 6.01 Å². The number of likely N-dealkylation sites (tertiary alicyclic amines) is 1. The zero-order valence-electron chi connectivity index (χ0n) is 26.0. The molecule has 3 saturated heterocycles. The van der Waals surface area contributed by atoms with E-state index >= 15 is 0 Å². The number of hydrogen-bond acceptors (Lipinski definition) is 8. The van der Waals surface area contributed by atoms with Crippen LogP contribution < -0.4 is 15.0 Å². The number of fused-ring (bicyclic) bond motifs is 4. The fourth-order valence-corrected chi connectivity index (χ4v) is 7.86. The van der Waals surface area contributed by atoms with Crippen molar-refractivity contribution in [1.29, 1.82) is 0 Å². The van der Waals surface area contributed by atoms with E-state index in [1.165, 1.54) is 6.07 Å². The molecule has 1 aliphatic carbocycles. The maximum Gasteiger partial charge on any atom is 0.319 e. The van der Waals surface area contributed by atoms with E-state index in [-0.39, 0.29) is 16.7 Å². The van der Waals surface area contributed by atoms with Crippen molar-refractivity contribution in [2.24, 2.45) is 5.41 Å². The van der Waals surface area contributed by atoms with Crippen molar-refractivity contribution in [1.82, 2.24) is 25.2 Å². The van der Waals surface area contributed by atoms with Gasteiger partial charge in [-0.25, -0.2) is 8.78 Å². The summed E-state index contributed by atoms with van der Waals surface area (Å²) in [7, 11) is 0. The smallest absolute Gasteiger partial charge is 0.319 e. The molecule has 2 unspecified atom stereocenters. The Bertz CT molecular complexity index is 1880. The second-order valence-corrected chi connectivity index (χ2v) is 13.6. The lowest BCUT2D eigenvalue weighted by atomic mass is 9.91. The van der Waals surface area contributed by atoms with Crippen LogP contribution in [0.25, 0.3) is 32.9 Å². The van der Waals surface area contributed by atoms with Gasteiger partial charge in [0.1, 0.15) is 28.8 Å². The first-order chi connectivity index (χ1) is 22.3. The largest absolute Gasteiger partial charge is 0.508 e. The Labute approximate surface area is 267 Å². The van der Waals surface area contributed by atoms with Crippen molar-refractivity contribution in [3.63, 3.8) is 0 Å². The molecule has 46 heavy (non-hydrogen) atoms. The third kappa shape index (κ3) is 5.19. The summed E-state index contributed by atoms with van der Waals surface area (Å²) < 4.78 is 35.3. The van der Waals surface area contributed by atoms with Crippen molar-refractivity contribution in [2.45, 2.75) is 63.7 Å². The maximum absolute atomic E-state index is 15.0. The van der Waals surface area contributed by atoms with E-state index in [1.807, 2.05) is 6.92 Å². The molecule has 2 N–H and O–H groups in total. The second-order valence-electron chi connectivity index (χ2n) is 13.6. The molecule has 4 fully saturated rings. The number of aromatic nitrogens is 3. The molecule has 8 rings (SSSR count). The molecule has 5 heterocycles. The predicted molar refractivity (Wildman–Crippen MR) is 174 cm³/mol. The number of terminal acetylenes is 1. The molecular weight excluding hydrogens is 586 g/mol. The number of nitrogens with one attached hydrogen (secondary N) is 1. The molecule has 3 atom stereocenters. The lowest BCUT2D eigenvalue weighted by molar-refractivity contribution is 0.165. The molecule has 2 aromatic heterocycles. The molecule has 238 valence electrons. The van der Waals surface area contributed by atoms with E-state index in [4.69, 9.17) is 26.1 Å². The van der Waals surface area contributed by atoms with Gasteiger partial charge in [0, 0.05) is 67.4 Å². The number of alkyl halides is 1. The molecule has 0 spiro atoms. The predicted octanol–water partition coefficient (Wildman–Crippen LogP) is 5.38. The quantitative estimate of drug-likeness (QED) is 0.253. The first kappa shape index (κ1) is 29.3. The minimum atomic E-state index is -0.747. The zero-order valence-corrected chi connectivity index (χ0v) is 26.0. The fraction of sp³-hybridized carbons (Fsp3) is 0.472. The Morgan fingerprint density at radius 3 is 2.59 bits per heavy atom. The third-order valence-corrected chi connectivity index (χ3v) is 10.4. The number of aromatic hydroxyl groups is 1. The topological polar surface area (TPSA) is 86.6 Å². The standard InChI is InChI=1S/C36H38F2N6O2/c1-3-26-29(28-14-25(45)13-21-5-8-30(38)27(4-2)31(21)28)15-39-33-32(26)41-35(42-34(33)44-17-23-6-7-24(18-44)40-23)46-20-36(10-11-36)19-43-12-9-22(37)16-43/h2,5,8,13-15,22-24,40,45H,3,6-7,9-12,16-20H2,1H3/t22-,23?,24?/m1/s1. The third-order valence-electron chi connectivity index (χ3n) is 10.4. The van der Waals surface area contributed by atoms with Crippen LogP contribution in [0.2, 0.25) is 0 Å². The van der Waals surface area contributed by atoms with Crippen molar-refractivity contribution in [3.8, 4) is 35.2 Å². The number of pyridine rings is 1. The molecule has 1 saturated carbocycles. The van der Waals surface area contributed by atoms with Crippen LogP contribution in [-0.2, 0) is 6.42 Å². The summed E-state index contributed by atoms with van der Waals surface area (Å²) in [6, 6.07) is 7.25. The highest BCUT2D eigenvalue weighted by Gasteiger charge is 2.46. The monoisotopic (exact) mass is 624 g/mol. The van der Waals surface area contributed by atoms with Crippen LogP contribution in [0.5, 0.6) is 11.8 Å². The van der Waals surface area contributed by atoms with Crippen LogP contribution in [0.3, 0.4) is 0 Å². The minimum Gasteiger partial charge on any atom is -0.508 e. The number of phenolic OH excluding ortho intramolecular Hbond substituents is 1. The molecule has 4 aliphatic rings. The van der Waals surface area contributed by atoms with E-state index in [0.29, 0.717) is 71.5 Å². The van der Waals surface area contributed by atoms with Crippen LogP contribution >= 0.6 is 0 Å². The Kier molecular flexibility index (Phi) is 7.22. The lowest BCUT2D eigenvalue weighted by Crippen LogP contribution is -2.51. The summed E-state index contributed by atoms with van der Waals surface area (Å²) in [4.78, 5) is 19.4. The van der Waals surface area contributed by atoms with Gasteiger partial charge in [0.05, 0.1) is 12.2 Å². The Hall–Kier alpha value is -4.07. The van der Waals surface area contributed by atoms with Crippen LogP contribution in [0, 0.1) is 23.6 Å². The van der Waals surface area contributed by atoms with Gasteiger partial charge in [0.25, 0.3) is 0 Å². The van der Waals surface area contributed by atoms with Gasteiger partial charge in [0.15, 0.2) is 5.82 Å². The van der Waals surface area contributed by atoms with E-state index in [0.717, 1.165) is 68.8 Å². The molecular formula is C36H38F2N6O2. The van der Waals surface area contributed by atoms with Crippen molar-refractivity contribution < 1.29 is 18.6 Å². The summed E-state index contributed by atoms with van der Waals surface area (Å²) in [5.74, 6) is 2.83. The van der Waals surface area contributed by atoms with Gasteiger partial charge in [-0.15, -0.1) is 6.42 Å². The number of anilines is 1. The average Bonchev–Trinajstić information content (AvgIpc) is 3.57. The van der Waals surface area contributed by atoms with Gasteiger partial charge in [0.2, 0.25) is 0 Å². The van der Waals surface area contributed by atoms with Crippen molar-refractivity contribution in [2.75, 3.05) is 44.2 Å². The molecule has 2 aromatic carbocycles. The summed E-state index contributed by atoms with van der Waals surface area (Å²) in [5, 5.41) is 15.6. The number of ether oxygens (including phenoxy) is 1. The highest BCUT2D eigenvalue weighted by atomic mass is 19.1. The van der Waals surface area contributed by atoms with Crippen LogP contribution in [0.1, 0.15) is 50.2 Å². The Morgan fingerprint density at radius 1 is 1.09 bits per heavy atom. The Balaban J connectivity index is 1.24. The van der Waals surface area contributed by atoms with Crippen LogP contribution in [-0.4, -0.2) is 82.5 Å². The highest BCUT2D eigenvalue weighted by molar-refractivity contribution is 6.04. The first-order valence-corrected chi connectivity index (χ1v) is 16.4. The number of piperazine rings is 1. The molecule has 3 aliphatic heterocycles. The number of hydrogen-bond donors (Lipinski definition) is 2. The van der Waals surface area contributed by atoms with Gasteiger partial charge in [-0.2, -0.15) is 9.97 Å². The van der Waals surface area contributed by atoms with E-state index in [1.54, 1.807) is 24.4 Å². The summed E-state index contributed by atoms with van der Waals surface area (Å²) in [6.07, 6.45) is 12.4. The number of benzene rings is 2. The van der Waals surface area contributed by atoms with Crippen LogP contribution in [0.15, 0.2) is 30.5 Å². The number of aryl methyl sites for hydroxylation is 1. The normalized spacial score (nSPS) is 23.7. The minimum absolute atomic E-state index is 0.0133. The first-order valence-electron chi connectivity index (χ1n) is 16.4. The van der Waals surface area contributed by atoms with Gasteiger partial charge < -0.3 is 20.1 Å². The molecule has 2 bridgehead atoms. The highest BCUT2D eigenvalue weighted by Crippen LogP contribution is 2.47. The van der Waals surface area contributed by atoms with Gasteiger partial charge in [-0.05, 0) is 73.2 Å². The van der Waals surface area contributed by atoms with E-state index < -0.39 is 12.0 Å². The van der Waals surface area contributed by atoms with Crippen LogP contribution in [0.4, 0.5) is 14.6 Å². The average molecular weight is 625 g/mol. The number of nitrogens with zero attached hydrogens (tertiary/aromatic N) is 5. The zero-order chi connectivity index (χ0) is 31.6. The van der Waals surface area contributed by atoms with E-state index in [9.17, 15) is 13.9 Å². The van der Waals surface area contributed by atoms with Crippen molar-refractivity contribution in [3.05, 3.63) is 47.4 Å². The molecule has 0 radical (unpaired) electrons. The van der Waals surface area contributed by atoms with Gasteiger partial charge in [-0.3, -0.25) is 9.88 Å². The SMILES string of the molecule is C#Cc1c(F)ccc2cc(O)cc(-c3cnc4c(N5CC6CCC(C5)N6)nc(OCC5(CN6CC[C@@H](F)C6)CC5)nc4c3CC)c12. The van der Waals surface area contributed by atoms with Crippen molar-refractivity contribution >= 4 is 27.6 Å². The van der Waals surface area contributed by atoms with E-state index in [2.05, 4.69) is 21.0 Å². The molecule has 4 aromatic rings. The number of halogens is 2. The molecule has 8 nitrogen and oxygen atoms in total. The maximum atomic E-state index is 15.0. The fourth-order valence-electron chi connectivity index (χ4n) is 7.86. The second kappa shape index (κ2) is 11.3. The molecule has 0 amide bonds. The summed E-state index contributed by atoms with van der Waals surface area (Å²) >= 11 is 0. The number of rotatable bonds is 8. The lowest BCUT2D eigenvalue weighted by Gasteiger charge is -2.34.